The van der Waals surface area contributed by atoms with E-state index >= 15 is 0 Å². The SMILES string of the molecule is COc1ccc(OCCCC(=O)N(Cc2csc(C)n2)c2ccc(F)cc2)cc1. The Balaban J connectivity index is 1.58. The monoisotopic (exact) mass is 414 g/mol. The molecule has 152 valence electrons. The third-order valence-corrected chi connectivity index (χ3v) is 5.11. The molecule has 0 aliphatic rings. The molecule has 3 rings (SSSR count). The Bertz CT molecular complexity index is 926. The number of aromatic nitrogens is 1. The summed E-state index contributed by atoms with van der Waals surface area (Å²) >= 11 is 1.54. The van der Waals surface area contributed by atoms with Gasteiger partial charge in [0.05, 0.1) is 31.0 Å². The van der Waals surface area contributed by atoms with Crippen molar-refractivity contribution in [3.63, 3.8) is 0 Å². The average molecular weight is 415 g/mol. The number of hydrogen-bond donors (Lipinski definition) is 0. The van der Waals surface area contributed by atoms with E-state index in [0.717, 1.165) is 22.2 Å². The van der Waals surface area contributed by atoms with Crippen molar-refractivity contribution in [2.24, 2.45) is 0 Å². The number of benzene rings is 2. The van der Waals surface area contributed by atoms with E-state index in [0.29, 0.717) is 31.7 Å². The molecule has 0 saturated heterocycles. The quantitative estimate of drug-likeness (QED) is 0.463. The molecule has 0 radical (unpaired) electrons. The van der Waals surface area contributed by atoms with Gasteiger partial charge in [-0.05, 0) is 61.9 Å². The predicted octanol–water partition coefficient (Wildman–Crippen LogP) is 4.99. The third-order valence-electron chi connectivity index (χ3n) is 4.29. The molecule has 3 aromatic rings. The van der Waals surface area contributed by atoms with Crippen LogP contribution in [-0.4, -0.2) is 24.6 Å². The van der Waals surface area contributed by atoms with Crippen LogP contribution in [0.15, 0.2) is 53.9 Å². The molecule has 1 amide bonds. The lowest BCUT2D eigenvalue weighted by molar-refractivity contribution is -0.119. The Morgan fingerprint density at radius 3 is 2.41 bits per heavy atom. The maximum Gasteiger partial charge on any atom is 0.227 e. The number of methoxy groups -OCH3 is 1. The van der Waals surface area contributed by atoms with E-state index in [2.05, 4.69) is 4.98 Å². The Morgan fingerprint density at radius 1 is 1.10 bits per heavy atom. The van der Waals surface area contributed by atoms with E-state index in [1.165, 1.54) is 23.5 Å². The lowest BCUT2D eigenvalue weighted by Gasteiger charge is -2.22. The molecule has 0 spiro atoms. The van der Waals surface area contributed by atoms with Gasteiger partial charge in [-0.15, -0.1) is 11.3 Å². The van der Waals surface area contributed by atoms with Gasteiger partial charge in [0, 0.05) is 17.5 Å². The molecule has 2 aromatic carbocycles. The first kappa shape index (κ1) is 20.8. The van der Waals surface area contributed by atoms with Crippen LogP contribution in [0.25, 0.3) is 0 Å². The molecule has 0 atom stereocenters. The molecule has 0 N–H and O–H groups in total. The summed E-state index contributed by atoms with van der Waals surface area (Å²) in [6, 6.07) is 13.2. The second kappa shape index (κ2) is 10.0. The van der Waals surface area contributed by atoms with Crippen LogP contribution < -0.4 is 14.4 Å². The van der Waals surface area contributed by atoms with E-state index in [1.54, 1.807) is 24.1 Å². The lowest BCUT2D eigenvalue weighted by atomic mass is 10.2. The van der Waals surface area contributed by atoms with Crippen LogP contribution in [0.2, 0.25) is 0 Å². The Morgan fingerprint density at radius 2 is 1.79 bits per heavy atom. The molecular formula is C22H23FN2O3S. The van der Waals surface area contributed by atoms with Crippen molar-refractivity contribution >= 4 is 22.9 Å². The molecule has 1 aromatic heterocycles. The minimum absolute atomic E-state index is 0.0550. The van der Waals surface area contributed by atoms with Crippen LogP contribution in [0.4, 0.5) is 10.1 Å². The summed E-state index contributed by atoms with van der Waals surface area (Å²) in [7, 11) is 1.61. The predicted molar refractivity (Wildman–Crippen MR) is 112 cm³/mol. The van der Waals surface area contributed by atoms with Crippen molar-refractivity contribution in [2.45, 2.75) is 26.3 Å². The van der Waals surface area contributed by atoms with Crippen molar-refractivity contribution < 1.29 is 18.7 Å². The largest absolute Gasteiger partial charge is 0.497 e. The van der Waals surface area contributed by atoms with Gasteiger partial charge in [-0.2, -0.15) is 0 Å². The van der Waals surface area contributed by atoms with Gasteiger partial charge in [-0.25, -0.2) is 9.37 Å². The van der Waals surface area contributed by atoms with E-state index in [-0.39, 0.29) is 11.7 Å². The van der Waals surface area contributed by atoms with Crippen LogP contribution in [-0.2, 0) is 11.3 Å². The molecule has 7 heteroatoms. The number of aryl methyl sites for hydroxylation is 1. The summed E-state index contributed by atoms with van der Waals surface area (Å²) < 4.78 is 24.1. The van der Waals surface area contributed by atoms with E-state index < -0.39 is 0 Å². The maximum absolute atomic E-state index is 13.3. The molecule has 29 heavy (non-hydrogen) atoms. The topological polar surface area (TPSA) is 51.7 Å². The zero-order valence-corrected chi connectivity index (χ0v) is 17.2. The van der Waals surface area contributed by atoms with Gasteiger partial charge >= 0.3 is 0 Å². The average Bonchev–Trinajstić information content (AvgIpc) is 3.15. The minimum atomic E-state index is -0.335. The van der Waals surface area contributed by atoms with Gasteiger partial charge in [0.2, 0.25) is 5.91 Å². The highest BCUT2D eigenvalue weighted by atomic mass is 32.1. The molecule has 0 aliphatic carbocycles. The third kappa shape index (κ3) is 6.02. The number of halogens is 1. The summed E-state index contributed by atoms with van der Waals surface area (Å²) in [5.74, 6) is 1.10. The highest BCUT2D eigenvalue weighted by Gasteiger charge is 2.17. The van der Waals surface area contributed by atoms with Gasteiger partial charge in [-0.3, -0.25) is 4.79 Å². The fourth-order valence-electron chi connectivity index (χ4n) is 2.81. The zero-order chi connectivity index (χ0) is 20.6. The Hall–Kier alpha value is -2.93. The van der Waals surface area contributed by atoms with Gasteiger partial charge in [0.15, 0.2) is 0 Å². The standard InChI is InChI=1S/C22H23FN2O3S/c1-16-24-18(15-29-16)14-25(19-7-5-17(23)6-8-19)22(26)4-3-13-28-21-11-9-20(27-2)10-12-21/h5-12,15H,3-4,13-14H2,1-2H3. The summed E-state index contributed by atoms with van der Waals surface area (Å²) in [5.41, 5.74) is 1.47. The number of nitrogens with zero attached hydrogens (tertiary/aromatic N) is 2. The highest BCUT2D eigenvalue weighted by molar-refractivity contribution is 7.09. The second-order valence-electron chi connectivity index (χ2n) is 6.44. The fourth-order valence-corrected chi connectivity index (χ4v) is 3.41. The number of hydrogen-bond acceptors (Lipinski definition) is 5. The Labute approximate surface area is 173 Å². The van der Waals surface area contributed by atoms with Crippen molar-refractivity contribution in [3.8, 4) is 11.5 Å². The number of carbonyl (C=O) groups is 1. The first-order valence-electron chi connectivity index (χ1n) is 9.29. The molecule has 0 fully saturated rings. The molecule has 0 aliphatic heterocycles. The summed E-state index contributed by atoms with van der Waals surface area (Å²) in [5, 5.41) is 2.88. The number of thiazole rings is 1. The van der Waals surface area contributed by atoms with Crippen LogP contribution in [0.1, 0.15) is 23.5 Å². The van der Waals surface area contributed by atoms with Crippen molar-refractivity contribution in [1.29, 1.82) is 0 Å². The van der Waals surface area contributed by atoms with Gasteiger partial charge < -0.3 is 14.4 Å². The number of rotatable bonds is 9. The van der Waals surface area contributed by atoms with Crippen molar-refractivity contribution in [1.82, 2.24) is 4.98 Å². The summed E-state index contributed by atoms with van der Waals surface area (Å²) in [4.78, 5) is 19.0. The van der Waals surface area contributed by atoms with E-state index in [4.69, 9.17) is 9.47 Å². The van der Waals surface area contributed by atoms with E-state index in [9.17, 15) is 9.18 Å². The number of carbonyl (C=O) groups excluding carboxylic acids is 1. The molecule has 0 bridgehead atoms. The van der Waals surface area contributed by atoms with Gasteiger partial charge in [0.1, 0.15) is 17.3 Å². The highest BCUT2D eigenvalue weighted by Crippen LogP contribution is 2.21. The normalized spacial score (nSPS) is 10.6. The van der Waals surface area contributed by atoms with Crippen LogP contribution in [0, 0.1) is 12.7 Å². The van der Waals surface area contributed by atoms with E-state index in [1.807, 2.05) is 36.6 Å². The zero-order valence-electron chi connectivity index (χ0n) is 16.4. The number of anilines is 1. The van der Waals surface area contributed by atoms with Crippen LogP contribution in [0.5, 0.6) is 11.5 Å². The first-order valence-corrected chi connectivity index (χ1v) is 10.2. The van der Waals surface area contributed by atoms with Crippen molar-refractivity contribution in [2.75, 3.05) is 18.6 Å². The van der Waals surface area contributed by atoms with Gasteiger partial charge in [-0.1, -0.05) is 0 Å². The van der Waals surface area contributed by atoms with Gasteiger partial charge in [0.25, 0.3) is 0 Å². The molecule has 0 saturated carbocycles. The van der Waals surface area contributed by atoms with Crippen LogP contribution in [0.3, 0.4) is 0 Å². The maximum atomic E-state index is 13.3. The van der Waals surface area contributed by atoms with Crippen LogP contribution >= 0.6 is 11.3 Å². The number of ether oxygens (including phenoxy) is 2. The van der Waals surface area contributed by atoms with Crippen molar-refractivity contribution in [3.05, 3.63) is 70.4 Å². The summed E-state index contributed by atoms with van der Waals surface area (Å²) in [6.45, 7) is 2.70. The molecule has 5 nitrogen and oxygen atoms in total. The minimum Gasteiger partial charge on any atom is -0.497 e. The molecular weight excluding hydrogens is 391 g/mol. The first-order chi connectivity index (χ1) is 14.0. The summed E-state index contributed by atoms with van der Waals surface area (Å²) in [6.07, 6.45) is 0.884. The lowest BCUT2D eigenvalue weighted by Crippen LogP contribution is -2.30. The molecule has 0 unspecified atom stereocenters. The fraction of sp³-hybridized carbons (Fsp3) is 0.273. The second-order valence-corrected chi connectivity index (χ2v) is 7.50. The smallest absolute Gasteiger partial charge is 0.227 e. The Kier molecular flexibility index (Phi) is 7.19. The number of amides is 1. The molecule has 1 heterocycles.